The van der Waals surface area contributed by atoms with Crippen molar-refractivity contribution < 1.29 is 14.3 Å². The molecule has 132 valence electrons. The number of ether oxygens (including phenoxy) is 2. The second-order valence-electron chi connectivity index (χ2n) is 6.07. The van der Waals surface area contributed by atoms with Gasteiger partial charge in [0.15, 0.2) is 0 Å². The maximum Gasteiger partial charge on any atom is 0.251 e. The van der Waals surface area contributed by atoms with E-state index in [0.717, 1.165) is 43.3 Å². The Morgan fingerprint density at radius 3 is 2.64 bits per heavy atom. The summed E-state index contributed by atoms with van der Waals surface area (Å²) in [6.45, 7) is 6.23. The Kier molecular flexibility index (Phi) is 5.90. The SMILES string of the molecule is Cc1cccc(OCCNC(=O)c2ccc(N3CCOCC3)cc2)c1. The zero-order valence-corrected chi connectivity index (χ0v) is 14.5. The topological polar surface area (TPSA) is 50.8 Å². The van der Waals surface area contributed by atoms with Gasteiger partial charge in [0.1, 0.15) is 12.4 Å². The third kappa shape index (κ3) is 4.97. The number of hydrogen-bond donors (Lipinski definition) is 1. The normalized spacial score (nSPS) is 14.2. The maximum absolute atomic E-state index is 12.2. The van der Waals surface area contributed by atoms with Crippen LogP contribution in [0.2, 0.25) is 0 Å². The number of carbonyl (C=O) groups excluding carboxylic acids is 1. The van der Waals surface area contributed by atoms with Crippen molar-refractivity contribution in [2.45, 2.75) is 6.92 Å². The van der Waals surface area contributed by atoms with Gasteiger partial charge in [0.05, 0.1) is 19.8 Å². The van der Waals surface area contributed by atoms with Gasteiger partial charge in [0, 0.05) is 24.3 Å². The van der Waals surface area contributed by atoms with Crippen LogP contribution in [-0.4, -0.2) is 45.4 Å². The summed E-state index contributed by atoms with van der Waals surface area (Å²) in [6, 6.07) is 15.6. The van der Waals surface area contributed by atoms with Gasteiger partial charge in [-0.05, 0) is 48.9 Å². The molecule has 5 nitrogen and oxygen atoms in total. The first kappa shape index (κ1) is 17.3. The van der Waals surface area contributed by atoms with E-state index in [1.165, 1.54) is 0 Å². The Bertz CT molecular complexity index is 694. The lowest BCUT2D eigenvalue weighted by atomic mass is 10.1. The summed E-state index contributed by atoms with van der Waals surface area (Å²) in [5.74, 6) is 0.741. The Balaban J connectivity index is 1.44. The van der Waals surface area contributed by atoms with Gasteiger partial charge in [-0.25, -0.2) is 0 Å². The first-order valence-corrected chi connectivity index (χ1v) is 8.63. The van der Waals surface area contributed by atoms with E-state index in [0.29, 0.717) is 18.7 Å². The highest BCUT2D eigenvalue weighted by Gasteiger charge is 2.12. The molecule has 3 rings (SSSR count). The van der Waals surface area contributed by atoms with Gasteiger partial charge in [-0.3, -0.25) is 4.79 Å². The summed E-state index contributed by atoms with van der Waals surface area (Å²) in [6.07, 6.45) is 0. The van der Waals surface area contributed by atoms with Gasteiger partial charge in [0.2, 0.25) is 0 Å². The lowest BCUT2D eigenvalue weighted by Gasteiger charge is -2.28. The molecule has 5 heteroatoms. The molecule has 2 aromatic carbocycles. The molecular weight excluding hydrogens is 316 g/mol. The predicted molar refractivity (Wildman–Crippen MR) is 98.5 cm³/mol. The minimum atomic E-state index is -0.0821. The van der Waals surface area contributed by atoms with Gasteiger partial charge in [-0.15, -0.1) is 0 Å². The molecule has 0 aromatic heterocycles. The summed E-state index contributed by atoms with van der Waals surface area (Å²) in [4.78, 5) is 14.5. The zero-order chi connectivity index (χ0) is 17.5. The minimum Gasteiger partial charge on any atom is -0.492 e. The highest BCUT2D eigenvalue weighted by Crippen LogP contribution is 2.16. The van der Waals surface area contributed by atoms with E-state index < -0.39 is 0 Å². The van der Waals surface area contributed by atoms with Crippen LogP contribution < -0.4 is 15.0 Å². The molecule has 2 aromatic rings. The van der Waals surface area contributed by atoms with Gasteiger partial charge in [-0.2, -0.15) is 0 Å². The van der Waals surface area contributed by atoms with Crippen LogP contribution >= 0.6 is 0 Å². The van der Waals surface area contributed by atoms with Crippen LogP contribution in [0.15, 0.2) is 48.5 Å². The summed E-state index contributed by atoms with van der Waals surface area (Å²) in [5.41, 5.74) is 2.94. The quantitative estimate of drug-likeness (QED) is 0.822. The highest BCUT2D eigenvalue weighted by molar-refractivity contribution is 5.94. The summed E-state index contributed by atoms with van der Waals surface area (Å²) in [5, 5.41) is 2.89. The molecule has 0 aliphatic carbocycles. The average molecular weight is 340 g/mol. The van der Waals surface area contributed by atoms with Crippen LogP contribution in [0, 0.1) is 6.92 Å². The van der Waals surface area contributed by atoms with Crippen molar-refractivity contribution in [2.24, 2.45) is 0 Å². The highest BCUT2D eigenvalue weighted by atomic mass is 16.5. The van der Waals surface area contributed by atoms with E-state index in [4.69, 9.17) is 9.47 Å². The van der Waals surface area contributed by atoms with Crippen LogP contribution in [0.5, 0.6) is 5.75 Å². The van der Waals surface area contributed by atoms with Crippen molar-refractivity contribution in [2.75, 3.05) is 44.4 Å². The minimum absolute atomic E-state index is 0.0821. The van der Waals surface area contributed by atoms with Crippen molar-refractivity contribution in [1.82, 2.24) is 5.32 Å². The molecular formula is C20H24N2O3. The molecule has 1 amide bonds. The Labute approximate surface area is 148 Å². The van der Waals surface area contributed by atoms with E-state index >= 15 is 0 Å². The Morgan fingerprint density at radius 2 is 1.92 bits per heavy atom. The fraction of sp³-hybridized carbons (Fsp3) is 0.350. The smallest absolute Gasteiger partial charge is 0.251 e. The molecule has 0 atom stereocenters. The van der Waals surface area contributed by atoms with Crippen LogP contribution in [-0.2, 0) is 4.74 Å². The standard InChI is InChI=1S/C20H24N2O3/c1-16-3-2-4-19(15-16)25-12-9-21-20(23)17-5-7-18(8-6-17)22-10-13-24-14-11-22/h2-8,15H,9-14H2,1H3,(H,21,23). The molecule has 1 saturated heterocycles. The molecule has 1 aliphatic rings. The number of benzene rings is 2. The summed E-state index contributed by atoms with van der Waals surface area (Å²) in [7, 11) is 0. The number of aryl methyl sites for hydroxylation is 1. The van der Waals surface area contributed by atoms with Crippen molar-refractivity contribution >= 4 is 11.6 Å². The van der Waals surface area contributed by atoms with Crippen LogP contribution in [0.3, 0.4) is 0 Å². The van der Waals surface area contributed by atoms with Crippen molar-refractivity contribution in [1.29, 1.82) is 0 Å². The van der Waals surface area contributed by atoms with E-state index in [1.807, 2.05) is 55.5 Å². The summed E-state index contributed by atoms with van der Waals surface area (Å²) < 4.78 is 11.0. The van der Waals surface area contributed by atoms with Gasteiger partial charge >= 0.3 is 0 Å². The number of hydrogen-bond acceptors (Lipinski definition) is 4. The number of carbonyl (C=O) groups is 1. The fourth-order valence-electron chi connectivity index (χ4n) is 2.79. The zero-order valence-electron chi connectivity index (χ0n) is 14.5. The predicted octanol–water partition coefficient (Wildman–Crippen LogP) is 2.64. The van der Waals surface area contributed by atoms with Crippen LogP contribution in [0.25, 0.3) is 0 Å². The Hall–Kier alpha value is -2.53. The Morgan fingerprint density at radius 1 is 1.16 bits per heavy atom. The van der Waals surface area contributed by atoms with Crippen molar-refractivity contribution in [3.05, 3.63) is 59.7 Å². The number of morpholine rings is 1. The van der Waals surface area contributed by atoms with Gasteiger partial charge in [0.25, 0.3) is 5.91 Å². The van der Waals surface area contributed by atoms with Gasteiger partial charge in [-0.1, -0.05) is 12.1 Å². The monoisotopic (exact) mass is 340 g/mol. The third-order valence-corrected chi connectivity index (χ3v) is 4.15. The van der Waals surface area contributed by atoms with E-state index in [9.17, 15) is 4.79 Å². The second-order valence-corrected chi connectivity index (χ2v) is 6.07. The number of rotatable bonds is 6. The molecule has 0 unspecified atom stereocenters. The van der Waals surface area contributed by atoms with Gasteiger partial charge < -0.3 is 19.7 Å². The lowest BCUT2D eigenvalue weighted by Crippen LogP contribution is -2.36. The van der Waals surface area contributed by atoms with Crippen molar-refractivity contribution in [3.8, 4) is 5.75 Å². The second kappa shape index (κ2) is 8.53. The first-order chi connectivity index (χ1) is 12.2. The maximum atomic E-state index is 12.2. The summed E-state index contributed by atoms with van der Waals surface area (Å²) >= 11 is 0. The number of nitrogens with zero attached hydrogens (tertiary/aromatic N) is 1. The molecule has 1 aliphatic heterocycles. The van der Waals surface area contributed by atoms with Crippen LogP contribution in [0.4, 0.5) is 5.69 Å². The van der Waals surface area contributed by atoms with E-state index in [-0.39, 0.29) is 5.91 Å². The fourth-order valence-corrected chi connectivity index (χ4v) is 2.79. The van der Waals surface area contributed by atoms with E-state index in [2.05, 4.69) is 10.2 Å². The number of nitrogens with one attached hydrogen (secondary N) is 1. The van der Waals surface area contributed by atoms with Crippen LogP contribution in [0.1, 0.15) is 15.9 Å². The number of anilines is 1. The average Bonchev–Trinajstić information content (AvgIpc) is 2.66. The first-order valence-electron chi connectivity index (χ1n) is 8.63. The van der Waals surface area contributed by atoms with Crippen molar-refractivity contribution in [3.63, 3.8) is 0 Å². The molecule has 0 bridgehead atoms. The lowest BCUT2D eigenvalue weighted by molar-refractivity contribution is 0.0947. The molecule has 25 heavy (non-hydrogen) atoms. The largest absolute Gasteiger partial charge is 0.492 e. The van der Waals surface area contributed by atoms with E-state index in [1.54, 1.807) is 0 Å². The molecule has 1 N–H and O–H groups in total. The molecule has 0 spiro atoms. The molecule has 1 heterocycles. The molecule has 0 radical (unpaired) electrons. The molecule has 1 fully saturated rings. The number of amides is 1. The third-order valence-electron chi connectivity index (χ3n) is 4.15. The molecule has 0 saturated carbocycles.